The first-order valence-corrected chi connectivity index (χ1v) is 7.66. The van der Waals surface area contributed by atoms with Crippen molar-refractivity contribution in [2.24, 2.45) is 0 Å². The van der Waals surface area contributed by atoms with Gasteiger partial charge < -0.3 is 5.32 Å². The molecule has 20 heavy (non-hydrogen) atoms. The quantitative estimate of drug-likeness (QED) is 0.856. The first kappa shape index (κ1) is 15.1. The van der Waals surface area contributed by atoms with Crippen molar-refractivity contribution in [2.75, 3.05) is 6.54 Å². The molecule has 0 amide bonds. The second-order valence-corrected chi connectivity index (χ2v) is 5.94. The zero-order chi connectivity index (χ0) is 14.5. The highest BCUT2D eigenvalue weighted by Gasteiger charge is 2.10. The number of aryl methyl sites for hydroxylation is 2. The van der Waals surface area contributed by atoms with Gasteiger partial charge in [-0.3, -0.25) is 0 Å². The molecular weight excluding hydrogens is 269 g/mol. The Morgan fingerprint density at radius 3 is 2.60 bits per heavy atom. The molecule has 0 aliphatic carbocycles. The Balaban J connectivity index is 2.29. The molecule has 0 atom stereocenters. The van der Waals surface area contributed by atoms with Gasteiger partial charge in [-0.05, 0) is 55.3 Å². The maximum Gasteiger partial charge on any atom is 0.137 e. The van der Waals surface area contributed by atoms with E-state index in [1.54, 1.807) is 6.07 Å². The Labute approximate surface area is 124 Å². The van der Waals surface area contributed by atoms with E-state index in [0.29, 0.717) is 6.54 Å². The van der Waals surface area contributed by atoms with Gasteiger partial charge in [0.25, 0.3) is 0 Å². The van der Waals surface area contributed by atoms with Crippen molar-refractivity contribution in [2.45, 2.75) is 37.1 Å². The molecule has 0 aliphatic heterocycles. The molecule has 2 rings (SSSR count). The van der Waals surface area contributed by atoms with Crippen molar-refractivity contribution in [1.29, 1.82) is 0 Å². The minimum atomic E-state index is -0.149. The summed E-state index contributed by atoms with van der Waals surface area (Å²) < 4.78 is 14.1. The van der Waals surface area contributed by atoms with Crippen LogP contribution in [0.1, 0.15) is 23.6 Å². The number of hydrogen-bond donors (Lipinski definition) is 1. The average Bonchev–Trinajstić information content (AvgIpc) is 2.43. The summed E-state index contributed by atoms with van der Waals surface area (Å²) in [6.07, 6.45) is 0. The van der Waals surface area contributed by atoms with Gasteiger partial charge in [-0.1, -0.05) is 36.9 Å². The Hall–Kier alpha value is -1.32. The summed E-state index contributed by atoms with van der Waals surface area (Å²) in [4.78, 5) is 1.80. The molecule has 0 fully saturated rings. The van der Waals surface area contributed by atoms with Gasteiger partial charge in [0.15, 0.2) is 0 Å². The summed E-state index contributed by atoms with van der Waals surface area (Å²) in [5, 5.41) is 3.26. The lowest BCUT2D eigenvalue weighted by Gasteiger charge is -2.11. The van der Waals surface area contributed by atoms with E-state index >= 15 is 0 Å². The van der Waals surface area contributed by atoms with E-state index in [9.17, 15) is 4.39 Å². The predicted molar refractivity (Wildman–Crippen MR) is 83.8 cm³/mol. The van der Waals surface area contributed by atoms with E-state index in [0.717, 1.165) is 21.9 Å². The third kappa shape index (κ3) is 3.62. The van der Waals surface area contributed by atoms with Crippen LogP contribution < -0.4 is 5.32 Å². The Kier molecular flexibility index (Phi) is 5.21. The SMILES string of the molecule is CCNCc1cccc(F)c1Sc1ccc(C)c(C)c1. The molecule has 0 bridgehead atoms. The van der Waals surface area contributed by atoms with Crippen LogP contribution in [0.4, 0.5) is 4.39 Å². The maximum atomic E-state index is 14.1. The fraction of sp³-hybridized carbons (Fsp3) is 0.294. The number of nitrogens with one attached hydrogen (secondary N) is 1. The summed E-state index contributed by atoms with van der Waals surface area (Å²) in [5.74, 6) is -0.149. The third-order valence-corrected chi connectivity index (χ3v) is 4.46. The second kappa shape index (κ2) is 6.91. The van der Waals surface area contributed by atoms with Gasteiger partial charge >= 0.3 is 0 Å². The van der Waals surface area contributed by atoms with Crippen molar-refractivity contribution < 1.29 is 4.39 Å². The van der Waals surface area contributed by atoms with E-state index in [1.807, 2.05) is 6.07 Å². The smallest absolute Gasteiger partial charge is 0.137 e. The lowest BCUT2D eigenvalue weighted by Crippen LogP contribution is -2.12. The highest BCUT2D eigenvalue weighted by molar-refractivity contribution is 7.99. The second-order valence-electron chi connectivity index (χ2n) is 4.86. The Bertz CT molecular complexity index is 596. The molecule has 1 N–H and O–H groups in total. The van der Waals surface area contributed by atoms with Crippen molar-refractivity contribution in [3.05, 3.63) is 58.9 Å². The van der Waals surface area contributed by atoms with Gasteiger partial charge in [-0.25, -0.2) is 4.39 Å². The molecule has 0 spiro atoms. The first-order chi connectivity index (χ1) is 9.61. The molecule has 1 nitrogen and oxygen atoms in total. The molecule has 0 radical (unpaired) electrons. The Morgan fingerprint density at radius 1 is 1.10 bits per heavy atom. The predicted octanol–water partition coefficient (Wildman–Crippen LogP) is 4.70. The molecule has 2 aromatic rings. The number of rotatable bonds is 5. The summed E-state index contributed by atoms with van der Waals surface area (Å²) in [6, 6.07) is 11.5. The van der Waals surface area contributed by atoms with E-state index in [2.05, 4.69) is 44.3 Å². The van der Waals surface area contributed by atoms with Crippen LogP contribution >= 0.6 is 11.8 Å². The minimum absolute atomic E-state index is 0.149. The monoisotopic (exact) mass is 289 g/mol. The van der Waals surface area contributed by atoms with Crippen LogP contribution in [0.25, 0.3) is 0 Å². The maximum absolute atomic E-state index is 14.1. The highest BCUT2D eigenvalue weighted by atomic mass is 32.2. The summed E-state index contributed by atoms with van der Waals surface area (Å²) in [6.45, 7) is 7.80. The lowest BCUT2D eigenvalue weighted by atomic mass is 10.1. The molecule has 0 saturated carbocycles. The fourth-order valence-electron chi connectivity index (χ4n) is 1.96. The lowest BCUT2D eigenvalue weighted by molar-refractivity contribution is 0.591. The largest absolute Gasteiger partial charge is 0.313 e. The van der Waals surface area contributed by atoms with Gasteiger partial charge in [0.1, 0.15) is 5.82 Å². The molecule has 106 valence electrons. The summed E-state index contributed by atoms with van der Waals surface area (Å²) >= 11 is 1.50. The topological polar surface area (TPSA) is 12.0 Å². The summed E-state index contributed by atoms with van der Waals surface area (Å²) in [7, 11) is 0. The molecule has 0 unspecified atom stereocenters. The van der Waals surface area contributed by atoms with Crippen molar-refractivity contribution >= 4 is 11.8 Å². The highest BCUT2D eigenvalue weighted by Crippen LogP contribution is 2.33. The van der Waals surface area contributed by atoms with E-state index in [1.165, 1.54) is 29.0 Å². The molecule has 0 aromatic heterocycles. The zero-order valence-corrected chi connectivity index (χ0v) is 13.0. The van der Waals surface area contributed by atoms with Crippen LogP contribution in [0.15, 0.2) is 46.2 Å². The van der Waals surface area contributed by atoms with Crippen molar-refractivity contribution in [1.82, 2.24) is 5.32 Å². The third-order valence-electron chi connectivity index (χ3n) is 3.31. The van der Waals surface area contributed by atoms with Crippen LogP contribution in [0.3, 0.4) is 0 Å². The van der Waals surface area contributed by atoms with Crippen molar-refractivity contribution in [3.8, 4) is 0 Å². The van der Waals surface area contributed by atoms with Crippen LogP contribution in [-0.2, 0) is 6.54 Å². The molecular formula is C17H20FNS. The molecule has 0 heterocycles. The van der Waals surface area contributed by atoms with E-state index in [4.69, 9.17) is 0 Å². The fourth-order valence-corrected chi connectivity index (χ4v) is 3.01. The molecule has 0 aliphatic rings. The van der Waals surface area contributed by atoms with Gasteiger partial charge in [0.2, 0.25) is 0 Å². The Morgan fingerprint density at radius 2 is 1.90 bits per heavy atom. The van der Waals surface area contributed by atoms with Gasteiger partial charge in [-0.2, -0.15) is 0 Å². The van der Waals surface area contributed by atoms with Gasteiger partial charge in [-0.15, -0.1) is 0 Å². The minimum Gasteiger partial charge on any atom is -0.313 e. The van der Waals surface area contributed by atoms with Crippen LogP contribution in [0.5, 0.6) is 0 Å². The number of hydrogen-bond acceptors (Lipinski definition) is 2. The summed E-state index contributed by atoms with van der Waals surface area (Å²) in [5.41, 5.74) is 3.51. The molecule has 3 heteroatoms. The van der Waals surface area contributed by atoms with Crippen LogP contribution in [-0.4, -0.2) is 6.54 Å². The number of benzene rings is 2. The van der Waals surface area contributed by atoms with Crippen LogP contribution in [0.2, 0.25) is 0 Å². The van der Waals surface area contributed by atoms with E-state index < -0.39 is 0 Å². The first-order valence-electron chi connectivity index (χ1n) is 6.85. The van der Waals surface area contributed by atoms with Gasteiger partial charge in [0, 0.05) is 11.4 Å². The molecule has 0 saturated heterocycles. The van der Waals surface area contributed by atoms with Crippen molar-refractivity contribution in [3.63, 3.8) is 0 Å². The zero-order valence-electron chi connectivity index (χ0n) is 12.2. The normalized spacial score (nSPS) is 10.8. The van der Waals surface area contributed by atoms with E-state index in [-0.39, 0.29) is 5.82 Å². The average molecular weight is 289 g/mol. The standard InChI is InChI=1S/C17H20FNS/c1-4-19-11-14-6-5-7-16(18)17(14)20-15-9-8-12(2)13(3)10-15/h5-10,19H,4,11H2,1-3H3. The number of halogens is 1. The molecule has 2 aromatic carbocycles. The van der Waals surface area contributed by atoms with Crippen LogP contribution in [0, 0.1) is 19.7 Å². The van der Waals surface area contributed by atoms with Gasteiger partial charge in [0.05, 0.1) is 4.90 Å².